The van der Waals surface area contributed by atoms with E-state index >= 15 is 0 Å². The number of hydrogen-bond donors (Lipinski definition) is 0. The first-order chi connectivity index (χ1) is 9.56. The van der Waals surface area contributed by atoms with Gasteiger partial charge in [0, 0.05) is 24.8 Å². The van der Waals surface area contributed by atoms with E-state index in [-0.39, 0.29) is 24.5 Å². The topological polar surface area (TPSA) is 37.4 Å². The summed E-state index contributed by atoms with van der Waals surface area (Å²) < 4.78 is 1.06. The molecule has 0 N–H and O–H groups in total. The predicted octanol–water partition coefficient (Wildman–Crippen LogP) is 4.19. The molecule has 0 aromatic carbocycles. The predicted molar refractivity (Wildman–Crippen MR) is 86.4 cm³/mol. The standard InChI is InChI=1S/C14H14BrNO2S2/c1-16(9-10-4-6-13(15)20-10)14(18)7-5-11(17)12-3-2-8-19-12/h2-4,6,8H,5,7,9H2,1H3. The van der Waals surface area contributed by atoms with Crippen molar-refractivity contribution in [2.45, 2.75) is 19.4 Å². The lowest BCUT2D eigenvalue weighted by molar-refractivity contribution is -0.130. The molecule has 0 aliphatic carbocycles. The summed E-state index contributed by atoms with van der Waals surface area (Å²) in [5, 5.41) is 1.87. The van der Waals surface area contributed by atoms with E-state index in [4.69, 9.17) is 0 Å². The monoisotopic (exact) mass is 371 g/mol. The van der Waals surface area contributed by atoms with Gasteiger partial charge in [0.2, 0.25) is 5.91 Å². The zero-order chi connectivity index (χ0) is 14.5. The van der Waals surface area contributed by atoms with Gasteiger partial charge in [-0.15, -0.1) is 22.7 Å². The van der Waals surface area contributed by atoms with Gasteiger partial charge in [-0.3, -0.25) is 9.59 Å². The van der Waals surface area contributed by atoms with Crippen LogP contribution in [0.25, 0.3) is 0 Å². The van der Waals surface area contributed by atoms with Crippen molar-refractivity contribution in [2.75, 3.05) is 7.05 Å². The molecule has 1 amide bonds. The number of Topliss-reactive ketones (excluding diaryl/α,β-unsaturated/α-hetero) is 1. The number of nitrogens with zero attached hydrogens (tertiary/aromatic N) is 1. The Morgan fingerprint density at radius 3 is 2.65 bits per heavy atom. The van der Waals surface area contributed by atoms with Crippen LogP contribution in [0.3, 0.4) is 0 Å². The van der Waals surface area contributed by atoms with Crippen molar-refractivity contribution in [1.29, 1.82) is 0 Å². The minimum absolute atomic E-state index is 0.000529. The summed E-state index contributed by atoms with van der Waals surface area (Å²) in [6.45, 7) is 0.586. The molecule has 106 valence electrons. The molecular weight excluding hydrogens is 358 g/mol. The second kappa shape index (κ2) is 7.15. The number of halogens is 1. The number of amides is 1. The molecule has 3 nitrogen and oxygen atoms in total. The zero-order valence-corrected chi connectivity index (χ0v) is 14.2. The lowest BCUT2D eigenvalue weighted by Gasteiger charge is -2.15. The van der Waals surface area contributed by atoms with Crippen molar-refractivity contribution >= 4 is 50.3 Å². The van der Waals surface area contributed by atoms with Crippen LogP contribution >= 0.6 is 38.6 Å². The summed E-state index contributed by atoms with van der Waals surface area (Å²) in [5.74, 6) is 0.0417. The summed E-state index contributed by atoms with van der Waals surface area (Å²) in [4.78, 5) is 27.3. The molecule has 20 heavy (non-hydrogen) atoms. The van der Waals surface area contributed by atoms with E-state index in [0.29, 0.717) is 6.54 Å². The maximum Gasteiger partial charge on any atom is 0.223 e. The van der Waals surface area contributed by atoms with Gasteiger partial charge in [-0.25, -0.2) is 0 Å². The maximum absolute atomic E-state index is 12.0. The van der Waals surface area contributed by atoms with E-state index in [1.54, 1.807) is 29.4 Å². The fourth-order valence-electron chi connectivity index (χ4n) is 1.73. The Bertz CT molecular complexity index is 592. The van der Waals surface area contributed by atoms with Crippen LogP contribution in [0.15, 0.2) is 33.4 Å². The second-order valence-corrected chi connectivity index (χ2v) is 7.85. The van der Waals surface area contributed by atoms with Crippen LogP contribution in [-0.2, 0) is 11.3 Å². The molecule has 0 fully saturated rings. The van der Waals surface area contributed by atoms with E-state index in [2.05, 4.69) is 15.9 Å². The maximum atomic E-state index is 12.0. The van der Waals surface area contributed by atoms with Crippen LogP contribution in [0.2, 0.25) is 0 Å². The lowest BCUT2D eigenvalue weighted by atomic mass is 10.2. The van der Waals surface area contributed by atoms with Crippen molar-refractivity contribution in [3.8, 4) is 0 Å². The Morgan fingerprint density at radius 2 is 2.05 bits per heavy atom. The van der Waals surface area contributed by atoms with Gasteiger partial charge >= 0.3 is 0 Å². The number of ketones is 1. The van der Waals surface area contributed by atoms with Crippen molar-refractivity contribution in [3.05, 3.63) is 43.2 Å². The van der Waals surface area contributed by atoms with E-state index in [1.807, 2.05) is 23.6 Å². The number of carbonyl (C=O) groups excluding carboxylic acids is 2. The van der Waals surface area contributed by atoms with Crippen LogP contribution in [0.5, 0.6) is 0 Å². The van der Waals surface area contributed by atoms with Crippen molar-refractivity contribution in [1.82, 2.24) is 4.90 Å². The van der Waals surface area contributed by atoms with Gasteiger partial charge in [-0.2, -0.15) is 0 Å². The van der Waals surface area contributed by atoms with E-state index < -0.39 is 0 Å². The third-order valence-corrected chi connectivity index (χ3v) is 5.33. The number of thiophene rings is 2. The summed E-state index contributed by atoms with van der Waals surface area (Å²) in [6.07, 6.45) is 0.539. The molecule has 0 atom stereocenters. The normalized spacial score (nSPS) is 10.5. The highest BCUT2D eigenvalue weighted by Crippen LogP contribution is 2.23. The lowest BCUT2D eigenvalue weighted by Crippen LogP contribution is -2.26. The van der Waals surface area contributed by atoms with Crippen LogP contribution < -0.4 is 0 Å². The third-order valence-electron chi connectivity index (χ3n) is 2.81. The molecule has 0 unspecified atom stereocenters. The van der Waals surface area contributed by atoms with Gasteiger partial charge < -0.3 is 4.90 Å². The van der Waals surface area contributed by atoms with Gasteiger partial charge in [-0.1, -0.05) is 6.07 Å². The quantitative estimate of drug-likeness (QED) is 0.713. The molecule has 0 aliphatic heterocycles. The molecular formula is C14H14BrNO2S2. The van der Waals surface area contributed by atoms with Crippen LogP contribution in [0.4, 0.5) is 0 Å². The zero-order valence-electron chi connectivity index (χ0n) is 11.0. The molecule has 0 saturated carbocycles. The van der Waals surface area contributed by atoms with E-state index in [9.17, 15) is 9.59 Å². The fraction of sp³-hybridized carbons (Fsp3) is 0.286. The Kier molecular flexibility index (Phi) is 5.51. The number of carbonyl (C=O) groups is 2. The van der Waals surface area contributed by atoms with Gasteiger partial charge in [-0.05, 0) is 39.5 Å². The average Bonchev–Trinajstić information content (AvgIpc) is 3.07. The summed E-state index contributed by atoms with van der Waals surface area (Å²) in [5.41, 5.74) is 0. The first-order valence-electron chi connectivity index (χ1n) is 6.11. The first kappa shape index (κ1) is 15.4. The van der Waals surface area contributed by atoms with Gasteiger partial charge in [0.1, 0.15) is 0 Å². The minimum Gasteiger partial charge on any atom is -0.341 e. The van der Waals surface area contributed by atoms with Crippen molar-refractivity contribution in [2.24, 2.45) is 0 Å². The largest absolute Gasteiger partial charge is 0.341 e. The minimum atomic E-state index is -0.000529. The van der Waals surface area contributed by atoms with Gasteiger partial charge in [0.05, 0.1) is 15.2 Å². The smallest absolute Gasteiger partial charge is 0.223 e. The highest BCUT2D eigenvalue weighted by atomic mass is 79.9. The molecule has 2 rings (SSSR count). The molecule has 6 heteroatoms. The van der Waals surface area contributed by atoms with Crippen LogP contribution in [0.1, 0.15) is 27.4 Å². The fourth-order valence-corrected chi connectivity index (χ4v) is 3.96. The molecule has 0 saturated heterocycles. The molecule has 2 aromatic heterocycles. The highest BCUT2D eigenvalue weighted by molar-refractivity contribution is 9.11. The highest BCUT2D eigenvalue weighted by Gasteiger charge is 2.14. The molecule has 2 heterocycles. The Labute approximate surface area is 134 Å². The van der Waals surface area contributed by atoms with Crippen molar-refractivity contribution < 1.29 is 9.59 Å². The third kappa shape index (κ3) is 4.26. The molecule has 2 aromatic rings. The average molecular weight is 372 g/mol. The molecule has 0 radical (unpaired) electrons. The molecule has 0 aliphatic rings. The summed E-state index contributed by atoms with van der Waals surface area (Å²) in [7, 11) is 1.77. The second-order valence-electron chi connectivity index (χ2n) is 4.36. The SMILES string of the molecule is CN(Cc1ccc(Br)s1)C(=O)CCC(=O)c1cccs1. The van der Waals surface area contributed by atoms with Crippen LogP contribution in [-0.4, -0.2) is 23.6 Å². The Hall–Kier alpha value is -0.980. The number of rotatable bonds is 6. The Balaban J connectivity index is 1.81. The van der Waals surface area contributed by atoms with E-state index in [0.717, 1.165) is 13.5 Å². The van der Waals surface area contributed by atoms with Crippen LogP contribution in [0, 0.1) is 0 Å². The molecule has 0 bridgehead atoms. The summed E-state index contributed by atoms with van der Waals surface area (Å²) >= 11 is 6.43. The Morgan fingerprint density at radius 1 is 1.25 bits per heavy atom. The van der Waals surface area contributed by atoms with E-state index in [1.165, 1.54) is 11.3 Å². The molecule has 0 spiro atoms. The summed E-state index contributed by atoms with van der Waals surface area (Å²) in [6, 6.07) is 7.61. The van der Waals surface area contributed by atoms with Gasteiger partial charge in [0.15, 0.2) is 5.78 Å². The number of hydrogen-bond acceptors (Lipinski definition) is 4. The van der Waals surface area contributed by atoms with Gasteiger partial charge in [0.25, 0.3) is 0 Å². The van der Waals surface area contributed by atoms with Crippen molar-refractivity contribution in [3.63, 3.8) is 0 Å². The first-order valence-corrected chi connectivity index (χ1v) is 8.60.